The molecule has 0 unspecified atom stereocenters. The third-order valence-corrected chi connectivity index (χ3v) is 4.91. The molecule has 1 saturated heterocycles. The van der Waals surface area contributed by atoms with Gasteiger partial charge in [0.25, 0.3) is 0 Å². The quantitative estimate of drug-likeness (QED) is 0.559. The van der Waals surface area contributed by atoms with Crippen molar-refractivity contribution in [1.82, 2.24) is 4.90 Å². The number of nitrogens with zero attached hydrogens (tertiary/aromatic N) is 2. The Balaban J connectivity index is 1.86. The van der Waals surface area contributed by atoms with Crippen molar-refractivity contribution in [2.75, 3.05) is 6.61 Å². The monoisotopic (exact) mass is 354 g/mol. The Morgan fingerprint density at radius 3 is 2.38 bits per heavy atom. The van der Waals surface area contributed by atoms with Gasteiger partial charge in [0.2, 0.25) is 6.04 Å². The summed E-state index contributed by atoms with van der Waals surface area (Å²) in [4.78, 5) is 25.1. The van der Waals surface area contributed by atoms with E-state index in [0.29, 0.717) is 12.8 Å². The third kappa shape index (κ3) is 3.85. The minimum Gasteiger partial charge on any atom is -0.447 e. The fraction of sp³-hybridized carbons (Fsp3) is 0.350. The number of aryl methyl sites for hydroxylation is 1. The molecule has 0 aliphatic carbocycles. The minimum atomic E-state index is -0.879. The maximum atomic E-state index is 12.4. The van der Waals surface area contributed by atoms with Gasteiger partial charge < -0.3 is 4.74 Å². The van der Waals surface area contributed by atoms with Gasteiger partial charge in [-0.3, -0.25) is 15.0 Å². The van der Waals surface area contributed by atoms with Crippen LogP contribution in [0.15, 0.2) is 60.7 Å². The number of cyclic esters (lactones) is 1. The van der Waals surface area contributed by atoms with Gasteiger partial charge in [0, 0.05) is 11.8 Å². The zero-order chi connectivity index (χ0) is 18.5. The molecule has 0 saturated carbocycles. The Kier molecular flexibility index (Phi) is 5.51. The summed E-state index contributed by atoms with van der Waals surface area (Å²) in [6.45, 7) is 1.78. The van der Waals surface area contributed by atoms with Crippen molar-refractivity contribution in [3.05, 3.63) is 81.9 Å². The standard InChI is InChI=1S/C20H22N2O4/c1-15(22(24)25)18(13-12-16-8-4-2-5-9-16)21-19(14-26-20(21)23)17-10-6-3-7-11-17/h2-11,15,18-19H,12-14H2,1H3/t15-,18-,19-/m0/s1. The number of carbonyl (C=O) groups excluding carboxylic acids is 1. The first-order valence-electron chi connectivity index (χ1n) is 8.75. The number of hydrogen-bond donors (Lipinski definition) is 0. The molecule has 2 aromatic carbocycles. The van der Waals surface area contributed by atoms with Gasteiger partial charge in [-0.1, -0.05) is 60.7 Å². The molecule has 2 aromatic rings. The van der Waals surface area contributed by atoms with Crippen LogP contribution in [0.5, 0.6) is 0 Å². The molecular formula is C20H22N2O4. The fourth-order valence-corrected chi connectivity index (χ4v) is 3.44. The largest absolute Gasteiger partial charge is 0.447 e. The normalized spacial score (nSPS) is 19.0. The maximum Gasteiger partial charge on any atom is 0.410 e. The molecule has 3 atom stereocenters. The Bertz CT molecular complexity index is 751. The van der Waals surface area contributed by atoms with E-state index in [9.17, 15) is 14.9 Å². The Morgan fingerprint density at radius 1 is 1.15 bits per heavy atom. The highest BCUT2D eigenvalue weighted by molar-refractivity contribution is 5.71. The van der Waals surface area contributed by atoms with E-state index in [1.165, 1.54) is 0 Å². The second-order valence-corrected chi connectivity index (χ2v) is 6.53. The third-order valence-electron chi connectivity index (χ3n) is 4.91. The smallest absolute Gasteiger partial charge is 0.410 e. The number of nitro groups is 1. The molecule has 136 valence electrons. The lowest BCUT2D eigenvalue weighted by atomic mass is 9.96. The molecule has 0 N–H and O–H groups in total. The summed E-state index contributed by atoms with van der Waals surface area (Å²) in [7, 11) is 0. The molecule has 0 spiro atoms. The van der Waals surface area contributed by atoms with Gasteiger partial charge in [-0.05, 0) is 24.0 Å². The highest BCUT2D eigenvalue weighted by Crippen LogP contribution is 2.32. The summed E-state index contributed by atoms with van der Waals surface area (Å²) < 4.78 is 5.26. The van der Waals surface area contributed by atoms with Crippen LogP contribution in [0.2, 0.25) is 0 Å². The van der Waals surface area contributed by atoms with E-state index in [1.807, 2.05) is 60.7 Å². The molecule has 1 fully saturated rings. The van der Waals surface area contributed by atoms with Crippen LogP contribution in [0.4, 0.5) is 4.79 Å². The number of amides is 1. The van der Waals surface area contributed by atoms with E-state index in [4.69, 9.17) is 4.74 Å². The van der Waals surface area contributed by atoms with Crippen LogP contribution in [0.3, 0.4) is 0 Å². The first kappa shape index (κ1) is 17.9. The number of benzene rings is 2. The number of hydrogen-bond acceptors (Lipinski definition) is 4. The van der Waals surface area contributed by atoms with Gasteiger partial charge in [-0.2, -0.15) is 0 Å². The summed E-state index contributed by atoms with van der Waals surface area (Å²) >= 11 is 0. The van der Waals surface area contributed by atoms with Crippen molar-refractivity contribution >= 4 is 6.09 Å². The van der Waals surface area contributed by atoms with E-state index in [0.717, 1.165) is 11.1 Å². The Hall–Kier alpha value is -2.89. The van der Waals surface area contributed by atoms with E-state index in [2.05, 4.69) is 0 Å². The molecule has 1 aliphatic heterocycles. The molecule has 1 aliphatic rings. The van der Waals surface area contributed by atoms with Crippen molar-refractivity contribution < 1.29 is 14.5 Å². The average Bonchev–Trinajstić information content (AvgIpc) is 3.05. The summed E-state index contributed by atoms with van der Waals surface area (Å²) in [5.41, 5.74) is 2.02. The van der Waals surface area contributed by atoms with Crippen LogP contribution in [0, 0.1) is 10.1 Å². The first-order valence-corrected chi connectivity index (χ1v) is 8.75. The lowest BCUT2D eigenvalue weighted by Gasteiger charge is -2.31. The van der Waals surface area contributed by atoms with E-state index in [-0.39, 0.29) is 17.6 Å². The van der Waals surface area contributed by atoms with Gasteiger partial charge in [-0.15, -0.1) is 0 Å². The zero-order valence-electron chi connectivity index (χ0n) is 14.7. The molecule has 0 bridgehead atoms. The highest BCUT2D eigenvalue weighted by atomic mass is 16.6. The van der Waals surface area contributed by atoms with Crippen LogP contribution < -0.4 is 0 Å². The molecule has 0 aromatic heterocycles. The predicted molar refractivity (Wildman–Crippen MR) is 97.4 cm³/mol. The summed E-state index contributed by atoms with van der Waals surface area (Å²) in [6.07, 6.45) is 0.685. The summed E-state index contributed by atoms with van der Waals surface area (Å²) in [5.74, 6) is 0. The summed E-state index contributed by atoms with van der Waals surface area (Å²) in [5, 5.41) is 11.5. The summed E-state index contributed by atoms with van der Waals surface area (Å²) in [6, 6.07) is 17.6. The van der Waals surface area contributed by atoms with Gasteiger partial charge in [0.05, 0.1) is 6.04 Å². The van der Waals surface area contributed by atoms with E-state index >= 15 is 0 Å². The van der Waals surface area contributed by atoms with E-state index in [1.54, 1.807) is 11.8 Å². The van der Waals surface area contributed by atoms with Crippen molar-refractivity contribution in [3.8, 4) is 0 Å². The van der Waals surface area contributed by atoms with Crippen LogP contribution in [0.1, 0.15) is 30.5 Å². The molecule has 6 heteroatoms. The molecule has 6 nitrogen and oxygen atoms in total. The predicted octanol–water partition coefficient (Wildman–Crippen LogP) is 3.85. The topological polar surface area (TPSA) is 72.7 Å². The Labute approximate surface area is 152 Å². The maximum absolute atomic E-state index is 12.4. The van der Waals surface area contributed by atoms with Crippen LogP contribution in [0.25, 0.3) is 0 Å². The number of ether oxygens (including phenoxy) is 1. The molecule has 1 amide bonds. The van der Waals surface area contributed by atoms with Crippen LogP contribution in [-0.2, 0) is 11.2 Å². The lowest BCUT2D eigenvalue weighted by Crippen LogP contribution is -2.47. The lowest BCUT2D eigenvalue weighted by molar-refractivity contribution is -0.525. The SMILES string of the molecule is C[C@@H]([C@H](CCc1ccccc1)N1C(=O)OC[C@H]1c1ccccc1)[N+](=O)[O-]. The van der Waals surface area contributed by atoms with Gasteiger partial charge >= 0.3 is 6.09 Å². The second kappa shape index (κ2) is 7.99. The Morgan fingerprint density at radius 2 is 1.77 bits per heavy atom. The number of rotatable bonds is 7. The van der Waals surface area contributed by atoms with Crippen LogP contribution >= 0.6 is 0 Å². The van der Waals surface area contributed by atoms with Gasteiger partial charge in [0.1, 0.15) is 12.6 Å². The minimum absolute atomic E-state index is 0.217. The number of carbonyl (C=O) groups is 1. The second-order valence-electron chi connectivity index (χ2n) is 6.53. The van der Waals surface area contributed by atoms with Crippen molar-refractivity contribution in [3.63, 3.8) is 0 Å². The van der Waals surface area contributed by atoms with Crippen LogP contribution in [-0.4, -0.2) is 34.6 Å². The first-order chi connectivity index (χ1) is 12.6. The average molecular weight is 354 g/mol. The van der Waals surface area contributed by atoms with Crippen molar-refractivity contribution in [1.29, 1.82) is 0 Å². The fourth-order valence-electron chi connectivity index (χ4n) is 3.44. The van der Waals surface area contributed by atoms with Gasteiger partial charge in [-0.25, -0.2) is 4.79 Å². The zero-order valence-corrected chi connectivity index (χ0v) is 14.7. The van der Waals surface area contributed by atoms with Gasteiger partial charge in [0.15, 0.2) is 0 Å². The molecule has 1 heterocycles. The highest BCUT2D eigenvalue weighted by Gasteiger charge is 2.44. The van der Waals surface area contributed by atoms with E-state index < -0.39 is 18.2 Å². The van der Waals surface area contributed by atoms with Crippen molar-refractivity contribution in [2.45, 2.75) is 37.9 Å². The molecular weight excluding hydrogens is 332 g/mol. The molecule has 26 heavy (non-hydrogen) atoms. The molecule has 0 radical (unpaired) electrons. The van der Waals surface area contributed by atoms with Crippen molar-refractivity contribution in [2.24, 2.45) is 0 Å². The molecule has 3 rings (SSSR count).